The third kappa shape index (κ3) is 6.16. The van der Waals surface area contributed by atoms with Crippen molar-refractivity contribution in [1.29, 1.82) is 0 Å². The lowest BCUT2D eigenvalue weighted by molar-refractivity contribution is 0.768. The Labute approximate surface area is 374 Å². The fourth-order valence-corrected chi connectivity index (χ4v) is 10.4. The molecule has 0 bridgehead atoms. The summed E-state index contributed by atoms with van der Waals surface area (Å²) >= 11 is 0. The Morgan fingerprint density at radius 3 is 1.33 bits per heavy atom. The maximum atomic E-state index is 2.48. The molecule has 0 heterocycles. The van der Waals surface area contributed by atoms with E-state index < -0.39 is 5.41 Å². The van der Waals surface area contributed by atoms with E-state index in [0.29, 0.717) is 0 Å². The van der Waals surface area contributed by atoms with Crippen molar-refractivity contribution in [2.24, 2.45) is 0 Å². The smallest absolute Gasteiger partial charge is 0.0714 e. The number of nitrogens with zero attached hydrogens (tertiary/aromatic N) is 1. The molecule has 1 aliphatic carbocycles. The number of fused-ring (bicyclic) bond motifs is 6. The number of hydrogen-bond acceptors (Lipinski definition) is 1. The molecule has 11 aromatic carbocycles. The van der Waals surface area contributed by atoms with Crippen molar-refractivity contribution in [3.63, 3.8) is 0 Å². The molecule has 12 rings (SSSR count). The fraction of sp³-hybridized carbons (Fsp3) is 0.0159. The molecule has 1 nitrogen and oxygen atoms in total. The minimum Gasteiger partial charge on any atom is -0.310 e. The summed E-state index contributed by atoms with van der Waals surface area (Å²) in [5, 5.41) is 4.90. The van der Waals surface area contributed by atoms with E-state index in [4.69, 9.17) is 0 Å². The predicted octanol–water partition coefficient (Wildman–Crippen LogP) is 16.8. The van der Waals surface area contributed by atoms with Crippen LogP contribution in [0.25, 0.3) is 66.1 Å². The molecule has 0 aromatic heterocycles. The highest BCUT2D eigenvalue weighted by atomic mass is 15.1. The summed E-state index contributed by atoms with van der Waals surface area (Å²) in [6.07, 6.45) is 0. The molecule has 0 N–H and O–H groups in total. The molecule has 300 valence electrons. The van der Waals surface area contributed by atoms with E-state index in [1.807, 2.05) is 0 Å². The summed E-state index contributed by atoms with van der Waals surface area (Å²) in [7, 11) is 0. The van der Waals surface area contributed by atoms with Crippen molar-refractivity contribution in [3.8, 4) is 44.5 Å². The molecule has 0 radical (unpaired) electrons. The zero-order valence-corrected chi connectivity index (χ0v) is 35.3. The van der Waals surface area contributed by atoms with Crippen molar-refractivity contribution < 1.29 is 0 Å². The summed E-state index contributed by atoms with van der Waals surface area (Å²) in [5.41, 5.74) is 17.6. The quantitative estimate of drug-likeness (QED) is 0.138. The Morgan fingerprint density at radius 1 is 0.266 bits per heavy atom. The van der Waals surface area contributed by atoms with E-state index in [0.717, 1.165) is 17.1 Å². The number of rotatable bonds is 8. The Kier molecular flexibility index (Phi) is 9.13. The van der Waals surface area contributed by atoms with E-state index in [9.17, 15) is 0 Å². The van der Waals surface area contributed by atoms with Gasteiger partial charge >= 0.3 is 0 Å². The van der Waals surface area contributed by atoms with Gasteiger partial charge in [-0.3, -0.25) is 0 Å². The van der Waals surface area contributed by atoms with Crippen molar-refractivity contribution >= 4 is 38.6 Å². The molecular weight excluding hydrogens is 771 g/mol. The molecule has 1 heteroatoms. The predicted molar refractivity (Wildman–Crippen MR) is 270 cm³/mol. The largest absolute Gasteiger partial charge is 0.310 e. The van der Waals surface area contributed by atoms with Crippen molar-refractivity contribution in [2.75, 3.05) is 4.90 Å². The van der Waals surface area contributed by atoms with Crippen LogP contribution in [0.4, 0.5) is 17.1 Å². The highest BCUT2D eigenvalue weighted by Crippen LogP contribution is 2.57. The minimum absolute atomic E-state index is 0.522. The van der Waals surface area contributed by atoms with Crippen LogP contribution in [0.15, 0.2) is 261 Å². The lowest BCUT2D eigenvalue weighted by Crippen LogP contribution is -2.28. The molecule has 0 saturated heterocycles. The van der Waals surface area contributed by atoms with Crippen LogP contribution in [0.2, 0.25) is 0 Å². The van der Waals surface area contributed by atoms with Gasteiger partial charge in [-0.25, -0.2) is 0 Å². The van der Waals surface area contributed by atoms with Crippen molar-refractivity contribution in [2.45, 2.75) is 5.41 Å². The second-order valence-electron chi connectivity index (χ2n) is 16.8. The van der Waals surface area contributed by atoms with Crippen molar-refractivity contribution in [3.05, 3.63) is 283 Å². The zero-order valence-electron chi connectivity index (χ0n) is 35.3. The highest BCUT2D eigenvalue weighted by Gasteiger charge is 2.46. The normalized spacial score (nSPS) is 12.5. The van der Waals surface area contributed by atoms with Gasteiger partial charge in [0, 0.05) is 16.8 Å². The molecule has 0 amide bonds. The molecule has 11 aromatic rings. The van der Waals surface area contributed by atoms with Crippen LogP contribution in [0, 0.1) is 0 Å². The third-order valence-electron chi connectivity index (χ3n) is 13.3. The van der Waals surface area contributed by atoms with Gasteiger partial charge in [-0.2, -0.15) is 0 Å². The summed E-state index contributed by atoms with van der Waals surface area (Å²) in [6.45, 7) is 0. The molecule has 0 atom stereocenters. The van der Waals surface area contributed by atoms with Gasteiger partial charge in [0.15, 0.2) is 0 Å². The van der Waals surface area contributed by atoms with Gasteiger partial charge in [-0.15, -0.1) is 0 Å². The van der Waals surface area contributed by atoms with Crippen molar-refractivity contribution in [1.82, 2.24) is 0 Å². The summed E-state index contributed by atoms with van der Waals surface area (Å²) in [6, 6.07) is 95.9. The molecule has 0 unspecified atom stereocenters. The van der Waals surface area contributed by atoms with E-state index in [-0.39, 0.29) is 0 Å². The maximum Gasteiger partial charge on any atom is 0.0714 e. The molecular formula is C63H43N. The Bertz CT molecular complexity index is 3370. The van der Waals surface area contributed by atoms with Gasteiger partial charge in [0.05, 0.1) is 11.1 Å². The Hall–Kier alpha value is -8.26. The van der Waals surface area contributed by atoms with Gasteiger partial charge in [-0.1, -0.05) is 212 Å². The number of hydrogen-bond donors (Lipinski definition) is 0. The van der Waals surface area contributed by atoms with Crippen LogP contribution in [-0.2, 0) is 5.41 Å². The van der Waals surface area contributed by atoms with Gasteiger partial charge in [-0.05, 0) is 131 Å². The number of benzene rings is 11. The van der Waals surface area contributed by atoms with Crippen LogP contribution in [0.1, 0.15) is 22.3 Å². The van der Waals surface area contributed by atoms with Gasteiger partial charge in [0.2, 0.25) is 0 Å². The number of anilines is 3. The zero-order chi connectivity index (χ0) is 42.5. The summed E-state index contributed by atoms with van der Waals surface area (Å²) in [5.74, 6) is 0. The molecule has 0 fully saturated rings. The van der Waals surface area contributed by atoms with Crippen LogP contribution < -0.4 is 4.90 Å². The molecule has 0 aliphatic heterocycles. The molecule has 0 spiro atoms. The minimum atomic E-state index is -0.522. The average molecular weight is 814 g/mol. The lowest BCUT2D eigenvalue weighted by Gasteiger charge is -2.35. The maximum absolute atomic E-state index is 2.48. The van der Waals surface area contributed by atoms with E-state index in [1.54, 1.807) is 0 Å². The van der Waals surface area contributed by atoms with E-state index in [2.05, 4.69) is 266 Å². The topological polar surface area (TPSA) is 3.24 Å². The highest BCUT2D eigenvalue weighted by molar-refractivity contribution is 6.14. The van der Waals surface area contributed by atoms with Crippen LogP contribution in [0.3, 0.4) is 0 Å². The molecule has 64 heavy (non-hydrogen) atoms. The molecule has 1 aliphatic rings. The van der Waals surface area contributed by atoms with Gasteiger partial charge in [0.1, 0.15) is 0 Å². The summed E-state index contributed by atoms with van der Waals surface area (Å²) < 4.78 is 0. The van der Waals surface area contributed by atoms with Gasteiger partial charge in [0.25, 0.3) is 0 Å². The van der Waals surface area contributed by atoms with Crippen LogP contribution >= 0.6 is 0 Å². The average Bonchev–Trinajstić information content (AvgIpc) is 3.68. The lowest BCUT2D eigenvalue weighted by atomic mass is 9.67. The first-order valence-electron chi connectivity index (χ1n) is 22.2. The SMILES string of the molecule is c1ccc(-c2cc(-c3ccccc3)cc(-c3ccc(N(c4ccc5c(c4)C(c4ccccc4)(c4ccccc4)c4ccccc4-5)c4cc5ccccc5c5ccccc45)cc3)c2)cc1. The Balaban J connectivity index is 1.09. The standard InChI is InChI=1S/C63H43N/c1-5-19-44(20-6-1)48-39-49(45-21-7-2-8-22-45)41-50(40-48)46-33-35-53(36-34-46)64(62-42-47-23-13-14-28-55(47)56-29-15-16-31-59(56)62)54-37-38-58-57-30-17-18-32-60(57)63(61(58)43-54,51-24-9-3-10-25-51)52-26-11-4-12-27-52/h1-43H. The van der Waals surface area contributed by atoms with E-state index >= 15 is 0 Å². The first kappa shape index (κ1) is 37.5. The van der Waals surface area contributed by atoms with Crippen LogP contribution in [0.5, 0.6) is 0 Å². The fourth-order valence-electron chi connectivity index (χ4n) is 10.4. The summed E-state index contributed by atoms with van der Waals surface area (Å²) in [4.78, 5) is 2.48. The van der Waals surface area contributed by atoms with Gasteiger partial charge < -0.3 is 4.90 Å². The Morgan fingerprint density at radius 2 is 0.719 bits per heavy atom. The second kappa shape index (κ2) is 15.6. The first-order valence-corrected chi connectivity index (χ1v) is 22.2. The van der Waals surface area contributed by atoms with E-state index in [1.165, 1.54) is 88.3 Å². The third-order valence-corrected chi connectivity index (χ3v) is 13.3. The second-order valence-corrected chi connectivity index (χ2v) is 16.8. The van der Waals surface area contributed by atoms with Crippen LogP contribution in [-0.4, -0.2) is 0 Å². The first-order chi connectivity index (χ1) is 31.7. The monoisotopic (exact) mass is 813 g/mol. The molecule has 0 saturated carbocycles.